The Morgan fingerprint density at radius 1 is 0.848 bits per heavy atom. The summed E-state index contributed by atoms with van der Waals surface area (Å²) in [5.74, 6) is 1.11. The summed E-state index contributed by atoms with van der Waals surface area (Å²) in [4.78, 5) is 20.7. The molecule has 0 aromatic heterocycles. The number of nitrogens with zero attached hydrogens (tertiary/aromatic N) is 2. The van der Waals surface area contributed by atoms with E-state index in [4.69, 9.17) is 9.47 Å². The summed E-state index contributed by atoms with van der Waals surface area (Å²) in [6, 6.07) is 15.1. The number of hydrogen-bond donors (Lipinski definition) is 2. The molecule has 3 aromatic carbocycles. The highest BCUT2D eigenvalue weighted by Crippen LogP contribution is 2.31. The maximum absolute atomic E-state index is 12.0. The number of esters is 1. The molecular formula is C39H52N2O5. The van der Waals surface area contributed by atoms with Gasteiger partial charge in [0.1, 0.15) is 17.2 Å². The number of aliphatic imine (C=N–C) groups is 2. The highest BCUT2D eigenvalue weighted by molar-refractivity contribution is 5.87. The van der Waals surface area contributed by atoms with Crippen LogP contribution in [0.5, 0.6) is 17.2 Å². The second-order valence-corrected chi connectivity index (χ2v) is 10.6. The van der Waals surface area contributed by atoms with Crippen molar-refractivity contribution in [2.75, 3.05) is 13.7 Å². The molecule has 1 atom stereocenters. The summed E-state index contributed by atoms with van der Waals surface area (Å²) in [6.45, 7) is 19.8. The molecule has 3 aromatic rings. The molecule has 0 saturated heterocycles. The number of methoxy groups -OCH3 is 1. The summed E-state index contributed by atoms with van der Waals surface area (Å²) < 4.78 is 10.2. The summed E-state index contributed by atoms with van der Waals surface area (Å²) >= 11 is 0. The van der Waals surface area contributed by atoms with Gasteiger partial charge < -0.3 is 19.7 Å². The van der Waals surface area contributed by atoms with Crippen LogP contribution >= 0.6 is 0 Å². The lowest BCUT2D eigenvalue weighted by Gasteiger charge is -2.24. The molecule has 0 fully saturated rings. The molecule has 0 bridgehead atoms. The quantitative estimate of drug-likeness (QED) is 0.200. The molecule has 2 N–H and O–H groups in total. The summed E-state index contributed by atoms with van der Waals surface area (Å²) in [5.41, 5.74) is 6.24. The van der Waals surface area contributed by atoms with E-state index in [1.807, 2.05) is 129 Å². The van der Waals surface area contributed by atoms with Gasteiger partial charge in [0.15, 0.2) is 0 Å². The van der Waals surface area contributed by atoms with Gasteiger partial charge in [-0.3, -0.25) is 14.8 Å². The SMILES string of the molecule is CC.CC.CCOC(=O)C1(C)C=CC(N=Cc2cc(C)cc(C)c2O)=CC1.COc1ccc(N=Cc2cc(C)cc(C)c2O)cc1. The third-order valence-electron chi connectivity index (χ3n) is 6.83. The first kappa shape index (κ1) is 39.4. The first-order chi connectivity index (χ1) is 21.9. The number of phenols is 2. The molecule has 7 heteroatoms. The Hall–Kier alpha value is -4.65. The fourth-order valence-corrected chi connectivity index (χ4v) is 4.40. The van der Waals surface area contributed by atoms with Crippen LogP contribution in [0, 0.1) is 33.1 Å². The third kappa shape index (κ3) is 11.7. The first-order valence-corrected chi connectivity index (χ1v) is 15.8. The lowest BCUT2D eigenvalue weighted by Crippen LogP contribution is -2.28. The number of benzene rings is 3. The van der Waals surface area contributed by atoms with E-state index in [1.165, 1.54) is 0 Å². The number of aryl methyl sites for hydroxylation is 4. The standard InChI is InChI=1S/C19H23NO3.C16H17NO2.2C2H6/c1-5-23-18(22)19(4)8-6-16(7-9-19)20-12-15-11-13(2)10-14(3)17(15)21;1-11-8-12(2)16(18)13(9-11)10-17-14-4-6-15(19-3)7-5-14;2*1-2/h6-8,10-12,21H,5,9H2,1-4H3;4-10,18H,1-3H3;2*1-2H3. The molecule has 7 nitrogen and oxygen atoms in total. The van der Waals surface area contributed by atoms with E-state index in [1.54, 1.807) is 26.5 Å². The predicted molar refractivity (Wildman–Crippen MR) is 192 cm³/mol. The van der Waals surface area contributed by atoms with E-state index in [-0.39, 0.29) is 17.5 Å². The highest BCUT2D eigenvalue weighted by Gasteiger charge is 2.32. The topological polar surface area (TPSA) is 101 Å². The van der Waals surface area contributed by atoms with Gasteiger partial charge in [-0.25, -0.2) is 0 Å². The molecule has 0 spiro atoms. The van der Waals surface area contributed by atoms with Crippen molar-refractivity contribution in [3.05, 3.63) is 106 Å². The number of rotatable bonds is 7. The van der Waals surface area contributed by atoms with Crippen molar-refractivity contribution in [1.82, 2.24) is 0 Å². The molecule has 0 aliphatic heterocycles. The number of aromatic hydroxyl groups is 2. The Balaban J connectivity index is 0.000000421. The summed E-state index contributed by atoms with van der Waals surface area (Å²) in [6.07, 6.45) is 9.44. The van der Waals surface area contributed by atoms with Crippen molar-refractivity contribution >= 4 is 24.1 Å². The lowest BCUT2D eigenvalue weighted by molar-refractivity contribution is -0.151. The van der Waals surface area contributed by atoms with Crippen LogP contribution in [-0.2, 0) is 9.53 Å². The second-order valence-electron chi connectivity index (χ2n) is 10.6. The molecular weight excluding hydrogens is 576 g/mol. The average molecular weight is 629 g/mol. The van der Waals surface area contributed by atoms with Gasteiger partial charge in [-0.2, -0.15) is 0 Å². The zero-order chi connectivity index (χ0) is 34.9. The highest BCUT2D eigenvalue weighted by atomic mass is 16.5. The van der Waals surface area contributed by atoms with Crippen LogP contribution in [-0.4, -0.2) is 42.3 Å². The van der Waals surface area contributed by atoms with Crippen LogP contribution in [0.3, 0.4) is 0 Å². The molecule has 46 heavy (non-hydrogen) atoms. The number of hydrogen-bond acceptors (Lipinski definition) is 7. The van der Waals surface area contributed by atoms with Gasteiger partial charge in [-0.15, -0.1) is 0 Å². The summed E-state index contributed by atoms with van der Waals surface area (Å²) in [7, 11) is 1.63. The van der Waals surface area contributed by atoms with Gasteiger partial charge in [0.25, 0.3) is 0 Å². The van der Waals surface area contributed by atoms with Crippen molar-refractivity contribution in [1.29, 1.82) is 0 Å². The van der Waals surface area contributed by atoms with Crippen molar-refractivity contribution in [2.24, 2.45) is 15.4 Å². The number of carbonyl (C=O) groups is 1. The fourth-order valence-electron chi connectivity index (χ4n) is 4.40. The molecule has 4 rings (SSSR count). The average Bonchev–Trinajstić information content (AvgIpc) is 3.06. The van der Waals surface area contributed by atoms with Crippen molar-refractivity contribution < 1.29 is 24.5 Å². The third-order valence-corrected chi connectivity index (χ3v) is 6.83. The zero-order valence-corrected chi connectivity index (χ0v) is 29.4. The second kappa shape index (κ2) is 19.7. The maximum atomic E-state index is 12.0. The van der Waals surface area contributed by atoms with Crippen LogP contribution in [0.2, 0.25) is 0 Å². The van der Waals surface area contributed by atoms with E-state index in [0.29, 0.717) is 18.6 Å². The minimum atomic E-state index is -0.628. The van der Waals surface area contributed by atoms with Gasteiger partial charge in [-0.05, 0) is 113 Å². The van der Waals surface area contributed by atoms with Crippen LogP contribution < -0.4 is 4.74 Å². The molecule has 0 heterocycles. The van der Waals surface area contributed by atoms with Crippen LogP contribution in [0.15, 0.2) is 82.4 Å². The van der Waals surface area contributed by atoms with E-state index in [0.717, 1.165) is 45.0 Å². The maximum Gasteiger partial charge on any atom is 0.315 e. The Morgan fingerprint density at radius 3 is 1.78 bits per heavy atom. The fraction of sp³-hybridized carbons (Fsp3) is 0.359. The molecule has 0 amide bonds. The molecule has 1 unspecified atom stereocenters. The molecule has 1 aliphatic carbocycles. The Labute approximate surface area is 276 Å². The number of phenolic OH excluding ortho intramolecular Hbond substituents is 2. The zero-order valence-electron chi connectivity index (χ0n) is 29.4. The van der Waals surface area contributed by atoms with Crippen LogP contribution in [0.4, 0.5) is 5.69 Å². The van der Waals surface area contributed by atoms with E-state index < -0.39 is 5.41 Å². The van der Waals surface area contributed by atoms with Crippen LogP contribution in [0.1, 0.15) is 81.3 Å². The Morgan fingerprint density at radius 2 is 1.35 bits per heavy atom. The normalized spacial score (nSPS) is 15.1. The van der Waals surface area contributed by atoms with Gasteiger partial charge in [-0.1, -0.05) is 52.0 Å². The smallest absolute Gasteiger partial charge is 0.315 e. The minimum Gasteiger partial charge on any atom is -0.507 e. The first-order valence-electron chi connectivity index (χ1n) is 15.8. The van der Waals surface area contributed by atoms with E-state index >= 15 is 0 Å². The Kier molecular flexibility index (Phi) is 16.8. The molecule has 1 aliphatic rings. The lowest BCUT2D eigenvalue weighted by atomic mass is 9.83. The van der Waals surface area contributed by atoms with Crippen molar-refractivity contribution in [3.63, 3.8) is 0 Å². The predicted octanol–water partition coefficient (Wildman–Crippen LogP) is 9.66. The molecule has 248 valence electrons. The van der Waals surface area contributed by atoms with Gasteiger partial charge >= 0.3 is 5.97 Å². The van der Waals surface area contributed by atoms with Gasteiger partial charge in [0.05, 0.1) is 30.5 Å². The number of ether oxygens (including phenoxy) is 2. The van der Waals surface area contributed by atoms with Gasteiger partial charge in [0, 0.05) is 23.6 Å². The molecule has 0 radical (unpaired) electrons. The van der Waals surface area contributed by atoms with E-state index in [9.17, 15) is 15.0 Å². The monoisotopic (exact) mass is 628 g/mol. The minimum absolute atomic E-state index is 0.220. The Bertz CT molecular complexity index is 1530. The number of carbonyl (C=O) groups excluding carboxylic acids is 1. The van der Waals surface area contributed by atoms with Crippen molar-refractivity contribution in [3.8, 4) is 17.2 Å². The summed E-state index contributed by atoms with van der Waals surface area (Å²) in [5, 5.41) is 20.0. The van der Waals surface area contributed by atoms with Crippen molar-refractivity contribution in [2.45, 2.75) is 75.7 Å². The van der Waals surface area contributed by atoms with Gasteiger partial charge in [0.2, 0.25) is 0 Å². The largest absolute Gasteiger partial charge is 0.507 e. The van der Waals surface area contributed by atoms with E-state index in [2.05, 4.69) is 9.98 Å². The van der Waals surface area contributed by atoms with Crippen LogP contribution in [0.25, 0.3) is 0 Å². The number of allylic oxidation sites excluding steroid dienone is 2. The molecule has 0 saturated carbocycles.